The van der Waals surface area contributed by atoms with E-state index >= 15 is 0 Å². The number of amides is 1. The fourth-order valence-corrected chi connectivity index (χ4v) is 3.20. The Morgan fingerprint density at radius 3 is 2.55 bits per heavy atom. The summed E-state index contributed by atoms with van der Waals surface area (Å²) in [6, 6.07) is 20.7. The van der Waals surface area contributed by atoms with Gasteiger partial charge < -0.3 is 10.5 Å². The van der Waals surface area contributed by atoms with E-state index in [0.717, 1.165) is 10.8 Å². The number of fused-ring (bicyclic) bond motifs is 1. The number of benzene rings is 3. The number of nitrogens with one attached hydrogen (secondary N) is 2. The molecule has 4 rings (SSSR count). The molecule has 0 aliphatic rings. The number of nitrogens with zero attached hydrogens (tertiary/aromatic N) is 2. The third-order valence-electron chi connectivity index (χ3n) is 4.20. The first-order valence-electron chi connectivity index (χ1n) is 8.70. The minimum absolute atomic E-state index is 0.174. The number of ether oxygens (including phenoxy) is 1. The normalized spacial score (nSPS) is 10.5. The summed E-state index contributed by atoms with van der Waals surface area (Å²) >= 11 is 3.34. The fourth-order valence-electron chi connectivity index (χ4n) is 2.73. The molecule has 0 atom stereocenters. The van der Waals surface area contributed by atoms with Crippen molar-refractivity contribution in [3.63, 3.8) is 0 Å². The van der Waals surface area contributed by atoms with Gasteiger partial charge in [-0.25, -0.2) is 4.98 Å². The zero-order valence-electron chi connectivity index (χ0n) is 15.1. The van der Waals surface area contributed by atoms with Gasteiger partial charge in [0.05, 0.1) is 5.56 Å². The second-order valence-electron chi connectivity index (χ2n) is 6.11. The molecule has 0 fully saturated rings. The van der Waals surface area contributed by atoms with Crippen LogP contribution in [0.3, 0.4) is 0 Å². The van der Waals surface area contributed by atoms with Crippen LogP contribution in [-0.4, -0.2) is 15.9 Å². The van der Waals surface area contributed by atoms with E-state index in [4.69, 9.17) is 10.5 Å². The molecule has 0 saturated carbocycles. The van der Waals surface area contributed by atoms with Crippen molar-refractivity contribution in [3.8, 4) is 11.6 Å². The lowest BCUT2D eigenvalue weighted by Crippen LogP contribution is -2.30. The van der Waals surface area contributed by atoms with Crippen LogP contribution < -0.4 is 21.3 Å². The van der Waals surface area contributed by atoms with Gasteiger partial charge in [-0.2, -0.15) is 4.98 Å². The third kappa shape index (κ3) is 4.12. The first-order valence-corrected chi connectivity index (χ1v) is 9.49. The van der Waals surface area contributed by atoms with Gasteiger partial charge in [0.25, 0.3) is 5.91 Å². The number of carbonyl (C=O) groups is 1. The minimum Gasteiger partial charge on any atom is -0.437 e. The van der Waals surface area contributed by atoms with E-state index in [1.807, 2.05) is 48.5 Å². The summed E-state index contributed by atoms with van der Waals surface area (Å²) < 4.78 is 6.51. The topological polar surface area (TPSA) is 102 Å². The van der Waals surface area contributed by atoms with Crippen LogP contribution in [0.2, 0.25) is 0 Å². The van der Waals surface area contributed by atoms with Crippen LogP contribution in [0.4, 0.5) is 11.5 Å². The monoisotopic (exact) mass is 449 g/mol. The van der Waals surface area contributed by atoms with Crippen molar-refractivity contribution in [2.45, 2.75) is 0 Å². The lowest BCUT2D eigenvalue weighted by atomic mass is 10.1. The van der Waals surface area contributed by atoms with Crippen LogP contribution in [0, 0.1) is 0 Å². The van der Waals surface area contributed by atoms with Crippen molar-refractivity contribution in [2.24, 2.45) is 0 Å². The van der Waals surface area contributed by atoms with Gasteiger partial charge in [0.1, 0.15) is 17.8 Å². The number of hydrazine groups is 1. The summed E-state index contributed by atoms with van der Waals surface area (Å²) in [5.41, 5.74) is 12.1. The highest BCUT2D eigenvalue weighted by Crippen LogP contribution is 2.30. The van der Waals surface area contributed by atoms with Crippen LogP contribution in [0.5, 0.6) is 11.6 Å². The van der Waals surface area contributed by atoms with Gasteiger partial charge in [-0.3, -0.25) is 15.6 Å². The molecule has 0 spiro atoms. The van der Waals surface area contributed by atoms with Crippen LogP contribution in [0.25, 0.3) is 10.8 Å². The lowest BCUT2D eigenvalue weighted by molar-refractivity contribution is 0.0961. The van der Waals surface area contributed by atoms with Crippen LogP contribution >= 0.6 is 15.9 Å². The number of nitrogen functional groups attached to an aromatic ring is 1. The van der Waals surface area contributed by atoms with Gasteiger partial charge in [-0.05, 0) is 51.0 Å². The molecule has 1 amide bonds. The maximum Gasteiger partial charge on any atom is 0.270 e. The van der Waals surface area contributed by atoms with Crippen molar-refractivity contribution in [1.29, 1.82) is 0 Å². The van der Waals surface area contributed by atoms with Gasteiger partial charge in [-0.15, -0.1) is 0 Å². The van der Waals surface area contributed by atoms with Crippen molar-refractivity contribution in [1.82, 2.24) is 15.4 Å². The number of rotatable bonds is 5. The third-order valence-corrected chi connectivity index (χ3v) is 4.89. The van der Waals surface area contributed by atoms with E-state index in [9.17, 15) is 4.79 Å². The molecule has 4 N–H and O–H groups in total. The molecule has 1 aromatic heterocycles. The summed E-state index contributed by atoms with van der Waals surface area (Å²) in [5, 5.41) is 2.14. The van der Waals surface area contributed by atoms with Gasteiger partial charge in [0, 0.05) is 4.47 Å². The predicted molar refractivity (Wildman–Crippen MR) is 116 cm³/mol. The molecule has 144 valence electrons. The van der Waals surface area contributed by atoms with Crippen LogP contribution in [0.15, 0.2) is 77.5 Å². The van der Waals surface area contributed by atoms with E-state index in [1.165, 1.54) is 6.33 Å². The molecule has 0 unspecified atom stereocenters. The highest BCUT2D eigenvalue weighted by molar-refractivity contribution is 9.10. The van der Waals surface area contributed by atoms with Crippen molar-refractivity contribution >= 4 is 44.1 Å². The van der Waals surface area contributed by atoms with Crippen molar-refractivity contribution in [2.75, 3.05) is 11.2 Å². The van der Waals surface area contributed by atoms with Gasteiger partial charge >= 0.3 is 0 Å². The Hall–Kier alpha value is -3.65. The molecule has 7 nitrogen and oxygen atoms in total. The number of hydrogen-bond donors (Lipinski definition) is 3. The number of aromatic nitrogens is 2. The Morgan fingerprint density at radius 1 is 0.966 bits per heavy atom. The average molecular weight is 450 g/mol. The summed E-state index contributed by atoms with van der Waals surface area (Å²) in [6.07, 6.45) is 1.31. The summed E-state index contributed by atoms with van der Waals surface area (Å²) in [5.74, 6) is 0.675. The van der Waals surface area contributed by atoms with Gasteiger partial charge in [0.2, 0.25) is 5.88 Å². The zero-order valence-corrected chi connectivity index (χ0v) is 16.7. The summed E-state index contributed by atoms with van der Waals surface area (Å²) in [6.45, 7) is 0. The van der Waals surface area contributed by atoms with Gasteiger partial charge in [0.15, 0.2) is 5.82 Å². The molecule has 29 heavy (non-hydrogen) atoms. The van der Waals surface area contributed by atoms with Crippen molar-refractivity contribution < 1.29 is 9.53 Å². The molecular weight excluding hydrogens is 434 g/mol. The molecule has 0 saturated heterocycles. The Kier molecular flexibility index (Phi) is 5.26. The second kappa shape index (κ2) is 8.15. The molecule has 1 heterocycles. The van der Waals surface area contributed by atoms with Crippen LogP contribution in [0.1, 0.15) is 10.4 Å². The summed E-state index contributed by atoms with van der Waals surface area (Å²) in [4.78, 5) is 20.5. The SMILES string of the molecule is Nc1c(NNC(=O)c2ccccc2Br)ncnc1Oc1ccc2ccccc2c1. The summed E-state index contributed by atoms with van der Waals surface area (Å²) in [7, 11) is 0. The van der Waals surface area contributed by atoms with E-state index in [2.05, 4.69) is 36.7 Å². The average Bonchev–Trinajstić information content (AvgIpc) is 2.74. The Balaban J connectivity index is 1.51. The number of nitrogens with two attached hydrogens (primary N) is 1. The Morgan fingerprint density at radius 2 is 1.72 bits per heavy atom. The number of anilines is 2. The van der Waals surface area contributed by atoms with E-state index < -0.39 is 0 Å². The fraction of sp³-hybridized carbons (Fsp3) is 0. The van der Waals surface area contributed by atoms with E-state index in [-0.39, 0.29) is 23.3 Å². The quantitative estimate of drug-likeness (QED) is 0.387. The smallest absolute Gasteiger partial charge is 0.270 e. The minimum atomic E-state index is -0.340. The number of hydrogen-bond acceptors (Lipinski definition) is 6. The maximum atomic E-state index is 12.3. The van der Waals surface area contributed by atoms with Crippen molar-refractivity contribution in [3.05, 3.63) is 83.1 Å². The largest absolute Gasteiger partial charge is 0.437 e. The van der Waals surface area contributed by atoms with E-state index in [0.29, 0.717) is 15.8 Å². The first kappa shape index (κ1) is 18.7. The maximum absolute atomic E-state index is 12.3. The van der Waals surface area contributed by atoms with Gasteiger partial charge in [-0.1, -0.05) is 42.5 Å². The first-order chi connectivity index (χ1) is 14.1. The Labute approximate surface area is 175 Å². The zero-order chi connectivity index (χ0) is 20.2. The molecule has 3 aromatic carbocycles. The lowest BCUT2D eigenvalue weighted by Gasteiger charge is -2.13. The van der Waals surface area contributed by atoms with Crippen LogP contribution in [-0.2, 0) is 0 Å². The number of carbonyl (C=O) groups excluding carboxylic acids is 1. The molecule has 4 aromatic rings. The molecule has 0 bridgehead atoms. The Bertz CT molecular complexity index is 1200. The van der Waals surface area contributed by atoms with E-state index in [1.54, 1.807) is 18.2 Å². The molecule has 0 aliphatic heterocycles. The second-order valence-corrected chi connectivity index (χ2v) is 6.97. The highest BCUT2D eigenvalue weighted by Gasteiger charge is 2.13. The molecular formula is C21H16BrN5O2. The molecule has 8 heteroatoms. The molecule has 0 radical (unpaired) electrons. The standard InChI is InChI=1S/C21H16BrN5O2/c22-17-8-4-3-7-16(17)20(28)27-26-19-18(23)21(25-12-24-19)29-15-10-9-13-5-1-2-6-14(13)11-15/h1-12H,23H2,(H,27,28)(H,24,25,26). The highest BCUT2D eigenvalue weighted by atomic mass is 79.9. The number of halogens is 1. The molecule has 0 aliphatic carbocycles. The predicted octanol–water partition coefficient (Wildman–Crippen LogP) is 4.52.